The van der Waals surface area contributed by atoms with Crippen LogP contribution in [0.2, 0.25) is 0 Å². The second-order valence-corrected chi connectivity index (χ2v) is 4.20. The molecule has 0 saturated carbocycles. The van der Waals surface area contributed by atoms with Gasteiger partial charge in [-0.25, -0.2) is 0 Å². The van der Waals surface area contributed by atoms with E-state index in [0.717, 1.165) is 31.8 Å². The van der Waals surface area contributed by atoms with Gasteiger partial charge < -0.3 is 14.9 Å². The first-order valence-electron chi connectivity index (χ1n) is 5.71. The summed E-state index contributed by atoms with van der Waals surface area (Å²) in [7, 11) is 2.15. The van der Waals surface area contributed by atoms with Crippen LogP contribution in [0.15, 0.2) is 36.1 Å². The molecule has 0 atom stereocenters. The molecule has 0 radical (unpaired) electrons. The van der Waals surface area contributed by atoms with Gasteiger partial charge in [0.15, 0.2) is 0 Å². The van der Waals surface area contributed by atoms with E-state index in [4.69, 9.17) is 5.11 Å². The summed E-state index contributed by atoms with van der Waals surface area (Å²) in [5, 5.41) is 8.99. The van der Waals surface area contributed by atoms with Crippen LogP contribution in [0, 0.1) is 0 Å². The van der Waals surface area contributed by atoms with Crippen LogP contribution in [-0.4, -0.2) is 54.7 Å². The van der Waals surface area contributed by atoms with Crippen LogP contribution >= 0.6 is 0 Å². The zero-order valence-corrected chi connectivity index (χ0v) is 10.3. The summed E-state index contributed by atoms with van der Waals surface area (Å²) in [4.78, 5) is 4.71. The van der Waals surface area contributed by atoms with Crippen molar-refractivity contribution in [3.05, 3.63) is 36.1 Å². The second-order valence-electron chi connectivity index (χ2n) is 4.20. The highest BCUT2D eigenvalue weighted by molar-refractivity contribution is 5.24. The third kappa shape index (κ3) is 3.83. The maximum Gasteiger partial charge on any atom is 0.0681 e. The number of hydrogen-bond donors (Lipinski definition) is 1. The standard InChI is InChI=1S/C13H22N2O/c1-4-13(11-16)6-5-12(2)15-9-7-14(3)8-10-15/h4-6,16H,1,7-11H2,2-3H3/b12-5+,13-6+. The van der Waals surface area contributed by atoms with Gasteiger partial charge in [0.25, 0.3) is 0 Å². The fourth-order valence-corrected chi connectivity index (χ4v) is 1.68. The average Bonchev–Trinajstić information content (AvgIpc) is 2.31. The first kappa shape index (κ1) is 13.0. The summed E-state index contributed by atoms with van der Waals surface area (Å²) in [6.07, 6.45) is 5.67. The molecule has 0 aromatic heterocycles. The van der Waals surface area contributed by atoms with Crippen molar-refractivity contribution in [3.8, 4) is 0 Å². The van der Waals surface area contributed by atoms with Crippen molar-refractivity contribution in [2.24, 2.45) is 0 Å². The molecule has 0 spiro atoms. The Bertz CT molecular complexity index is 286. The van der Waals surface area contributed by atoms with Crippen molar-refractivity contribution in [1.82, 2.24) is 9.80 Å². The van der Waals surface area contributed by atoms with Gasteiger partial charge in [-0.1, -0.05) is 18.7 Å². The number of nitrogens with zero attached hydrogens (tertiary/aromatic N) is 2. The van der Waals surface area contributed by atoms with Crippen molar-refractivity contribution in [1.29, 1.82) is 0 Å². The van der Waals surface area contributed by atoms with Crippen molar-refractivity contribution < 1.29 is 5.11 Å². The molecule has 1 fully saturated rings. The summed E-state index contributed by atoms with van der Waals surface area (Å²) in [6, 6.07) is 0. The van der Waals surface area contributed by atoms with Crippen LogP contribution in [0.1, 0.15) is 6.92 Å². The predicted molar refractivity (Wildman–Crippen MR) is 68.2 cm³/mol. The Morgan fingerprint density at radius 3 is 2.38 bits per heavy atom. The van der Waals surface area contributed by atoms with E-state index in [9.17, 15) is 0 Å². The zero-order chi connectivity index (χ0) is 12.0. The van der Waals surface area contributed by atoms with Crippen LogP contribution in [0.4, 0.5) is 0 Å². The van der Waals surface area contributed by atoms with Gasteiger partial charge in [0, 0.05) is 31.9 Å². The number of piperazine rings is 1. The number of rotatable bonds is 4. The Kier molecular flexibility index (Phi) is 5.29. The minimum absolute atomic E-state index is 0.0516. The lowest BCUT2D eigenvalue weighted by Crippen LogP contribution is -2.43. The van der Waals surface area contributed by atoms with E-state index in [1.54, 1.807) is 6.08 Å². The fraction of sp³-hybridized carbons (Fsp3) is 0.538. The van der Waals surface area contributed by atoms with E-state index in [1.807, 2.05) is 6.08 Å². The third-order valence-corrected chi connectivity index (χ3v) is 2.99. The highest BCUT2D eigenvalue weighted by Crippen LogP contribution is 2.08. The lowest BCUT2D eigenvalue weighted by atomic mass is 10.2. The lowest BCUT2D eigenvalue weighted by Gasteiger charge is -2.34. The molecule has 3 nitrogen and oxygen atoms in total. The molecule has 1 aliphatic rings. The molecule has 16 heavy (non-hydrogen) atoms. The molecule has 1 N–H and O–H groups in total. The maximum absolute atomic E-state index is 8.99. The minimum atomic E-state index is 0.0516. The van der Waals surface area contributed by atoms with Gasteiger partial charge in [0.2, 0.25) is 0 Å². The van der Waals surface area contributed by atoms with Gasteiger partial charge in [-0.05, 0) is 25.6 Å². The Morgan fingerprint density at radius 2 is 1.88 bits per heavy atom. The van der Waals surface area contributed by atoms with E-state index in [0.29, 0.717) is 0 Å². The Hall–Kier alpha value is -1.06. The van der Waals surface area contributed by atoms with Gasteiger partial charge in [-0.2, -0.15) is 0 Å². The molecule has 0 bridgehead atoms. The second kappa shape index (κ2) is 6.51. The van der Waals surface area contributed by atoms with Gasteiger partial charge >= 0.3 is 0 Å². The average molecular weight is 222 g/mol. The smallest absolute Gasteiger partial charge is 0.0681 e. The van der Waals surface area contributed by atoms with Gasteiger partial charge in [0.1, 0.15) is 0 Å². The van der Waals surface area contributed by atoms with Crippen LogP contribution < -0.4 is 0 Å². The largest absolute Gasteiger partial charge is 0.392 e. The van der Waals surface area contributed by atoms with Crippen LogP contribution in [-0.2, 0) is 0 Å². The monoisotopic (exact) mass is 222 g/mol. The first-order valence-corrected chi connectivity index (χ1v) is 5.71. The van der Waals surface area contributed by atoms with Gasteiger partial charge in [0.05, 0.1) is 6.61 Å². The zero-order valence-electron chi connectivity index (χ0n) is 10.3. The molecule has 0 aromatic carbocycles. The molecule has 90 valence electrons. The molecule has 0 amide bonds. The van der Waals surface area contributed by atoms with Crippen LogP contribution in [0.3, 0.4) is 0 Å². The van der Waals surface area contributed by atoms with E-state index < -0.39 is 0 Å². The van der Waals surface area contributed by atoms with Crippen molar-refractivity contribution in [3.63, 3.8) is 0 Å². The summed E-state index contributed by atoms with van der Waals surface area (Å²) >= 11 is 0. The van der Waals surface area contributed by atoms with Crippen LogP contribution in [0.25, 0.3) is 0 Å². The summed E-state index contributed by atoms with van der Waals surface area (Å²) in [6.45, 7) is 10.2. The Morgan fingerprint density at radius 1 is 1.25 bits per heavy atom. The summed E-state index contributed by atoms with van der Waals surface area (Å²) < 4.78 is 0. The van der Waals surface area contributed by atoms with Gasteiger partial charge in [-0.15, -0.1) is 0 Å². The normalized spacial score (nSPS) is 20.1. The van der Waals surface area contributed by atoms with E-state index in [-0.39, 0.29) is 6.61 Å². The van der Waals surface area contributed by atoms with Crippen LogP contribution in [0.5, 0.6) is 0 Å². The molecule has 0 aliphatic carbocycles. The predicted octanol–water partition coefficient (Wildman–Crippen LogP) is 1.24. The molecular formula is C13H22N2O. The summed E-state index contributed by atoms with van der Waals surface area (Å²) in [5.74, 6) is 0. The van der Waals surface area contributed by atoms with Crippen molar-refractivity contribution in [2.45, 2.75) is 6.92 Å². The molecule has 1 rings (SSSR count). The first-order chi connectivity index (χ1) is 7.67. The Labute approximate surface area is 98.4 Å². The quantitative estimate of drug-likeness (QED) is 0.725. The maximum atomic E-state index is 8.99. The molecule has 3 heteroatoms. The molecular weight excluding hydrogens is 200 g/mol. The van der Waals surface area contributed by atoms with Crippen molar-refractivity contribution in [2.75, 3.05) is 39.8 Å². The SMILES string of the molecule is C=C/C(=C\C=C(/C)N1CCN(C)CC1)CO. The van der Waals surface area contributed by atoms with Crippen molar-refractivity contribution >= 4 is 0 Å². The summed E-state index contributed by atoms with van der Waals surface area (Å²) in [5.41, 5.74) is 2.11. The number of hydrogen-bond acceptors (Lipinski definition) is 3. The van der Waals surface area contributed by atoms with E-state index >= 15 is 0 Å². The molecule has 1 heterocycles. The number of likely N-dealkylation sites (N-methyl/N-ethyl adjacent to an activating group) is 1. The van der Waals surface area contributed by atoms with E-state index in [2.05, 4.69) is 36.4 Å². The fourth-order valence-electron chi connectivity index (χ4n) is 1.68. The highest BCUT2D eigenvalue weighted by Gasteiger charge is 2.12. The molecule has 0 unspecified atom stereocenters. The number of aliphatic hydroxyl groups is 1. The lowest BCUT2D eigenvalue weighted by molar-refractivity contribution is 0.186. The molecule has 1 saturated heterocycles. The van der Waals surface area contributed by atoms with E-state index in [1.165, 1.54) is 5.70 Å². The topological polar surface area (TPSA) is 26.7 Å². The third-order valence-electron chi connectivity index (χ3n) is 2.99. The number of allylic oxidation sites excluding steroid dienone is 3. The van der Waals surface area contributed by atoms with Gasteiger partial charge in [-0.3, -0.25) is 0 Å². The minimum Gasteiger partial charge on any atom is -0.392 e. The molecule has 1 aliphatic heterocycles. The Balaban J connectivity index is 2.56. The molecule has 0 aromatic rings. The highest BCUT2D eigenvalue weighted by atomic mass is 16.3. The number of aliphatic hydroxyl groups excluding tert-OH is 1.